The molecule has 26 heavy (non-hydrogen) atoms. The van der Waals surface area contributed by atoms with Crippen LogP contribution in [0.4, 0.5) is 10.1 Å². The maximum Gasteiger partial charge on any atom is 0.286 e. The fraction of sp³-hybridized carbons (Fsp3) is 0.278. The summed E-state index contributed by atoms with van der Waals surface area (Å²) < 4.78 is 24.1. The van der Waals surface area contributed by atoms with Crippen molar-refractivity contribution in [2.24, 2.45) is 0 Å². The van der Waals surface area contributed by atoms with E-state index in [0.29, 0.717) is 25.4 Å². The van der Waals surface area contributed by atoms with Crippen molar-refractivity contribution >= 4 is 11.6 Å². The van der Waals surface area contributed by atoms with Crippen LogP contribution in [-0.4, -0.2) is 30.1 Å². The number of halogens is 1. The van der Waals surface area contributed by atoms with Crippen LogP contribution in [0.5, 0.6) is 11.5 Å². The number of nitro benzene ring substituents is 1. The van der Waals surface area contributed by atoms with Crippen molar-refractivity contribution in [3.8, 4) is 11.5 Å². The quantitative estimate of drug-likeness (QED) is 0.670. The van der Waals surface area contributed by atoms with Crippen molar-refractivity contribution in [2.75, 3.05) is 13.2 Å². The zero-order valence-corrected chi connectivity index (χ0v) is 13.6. The van der Waals surface area contributed by atoms with Gasteiger partial charge in [0.25, 0.3) is 11.6 Å². The number of carbonyl (C=O) groups is 1. The van der Waals surface area contributed by atoms with Gasteiger partial charge in [-0.05, 0) is 24.1 Å². The third-order valence-corrected chi connectivity index (χ3v) is 4.49. The molecule has 1 saturated carbocycles. The van der Waals surface area contributed by atoms with Crippen LogP contribution in [0.3, 0.4) is 0 Å². The summed E-state index contributed by atoms with van der Waals surface area (Å²) in [5.41, 5.74) is 0.380. The molecule has 1 heterocycles. The van der Waals surface area contributed by atoms with E-state index in [9.17, 15) is 19.3 Å². The number of carbonyl (C=O) groups excluding carboxylic acids is 1. The van der Waals surface area contributed by atoms with Crippen molar-refractivity contribution in [3.63, 3.8) is 0 Å². The minimum atomic E-state index is -0.621. The molecule has 1 N–H and O–H groups in total. The number of amides is 1. The molecule has 0 bridgehead atoms. The van der Waals surface area contributed by atoms with Gasteiger partial charge in [0.2, 0.25) is 0 Å². The third kappa shape index (κ3) is 3.05. The number of nitro groups is 1. The molecular formula is C18H15FN2O5. The Labute approximate surface area is 147 Å². The number of rotatable bonds is 4. The normalized spacial score (nSPS) is 20.3. The molecule has 0 radical (unpaired) electrons. The average molecular weight is 358 g/mol. The fourth-order valence-corrected chi connectivity index (χ4v) is 3.12. The minimum absolute atomic E-state index is 0.00548. The first-order chi connectivity index (χ1) is 12.5. The Morgan fingerprint density at radius 2 is 1.92 bits per heavy atom. The Hall–Kier alpha value is -3.16. The maximum absolute atomic E-state index is 13.3. The van der Waals surface area contributed by atoms with E-state index in [1.165, 1.54) is 24.3 Å². The Kier molecular flexibility index (Phi) is 3.95. The van der Waals surface area contributed by atoms with Gasteiger partial charge in [0.1, 0.15) is 24.6 Å². The zero-order chi connectivity index (χ0) is 18.3. The molecule has 0 saturated heterocycles. The molecule has 0 spiro atoms. The number of nitrogens with one attached hydrogen (secondary N) is 1. The highest BCUT2D eigenvalue weighted by Crippen LogP contribution is 2.42. The van der Waals surface area contributed by atoms with Gasteiger partial charge in [0, 0.05) is 18.0 Å². The summed E-state index contributed by atoms with van der Waals surface area (Å²) in [5.74, 6) is -0.321. The third-order valence-electron chi connectivity index (χ3n) is 4.49. The summed E-state index contributed by atoms with van der Waals surface area (Å²) in [7, 11) is 0. The highest BCUT2D eigenvalue weighted by atomic mass is 19.1. The van der Waals surface area contributed by atoms with Gasteiger partial charge in [-0.15, -0.1) is 0 Å². The van der Waals surface area contributed by atoms with Gasteiger partial charge in [0.15, 0.2) is 11.5 Å². The summed E-state index contributed by atoms with van der Waals surface area (Å²) in [4.78, 5) is 23.3. The van der Waals surface area contributed by atoms with Crippen molar-refractivity contribution in [1.82, 2.24) is 5.32 Å². The summed E-state index contributed by atoms with van der Waals surface area (Å²) in [6, 6.07) is 8.57. The van der Waals surface area contributed by atoms with Crippen LogP contribution >= 0.6 is 0 Å². The molecule has 2 aromatic carbocycles. The first kappa shape index (κ1) is 16.3. The first-order valence-electron chi connectivity index (χ1n) is 8.17. The predicted octanol–water partition coefficient (Wildman–Crippen LogP) is 2.79. The van der Waals surface area contributed by atoms with E-state index in [-0.39, 0.29) is 34.8 Å². The van der Waals surface area contributed by atoms with Gasteiger partial charge in [-0.1, -0.05) is 12.1 Å². The predicted molar refractivity (Wildman–Crippen MR) is 89.1 cm³/mol. The Balaban J connectivity index is 1.54. The largest absolute Gasteiger partial charge is 0.486 e. The Bertz CT molecular complexity index is 901. The average Bonchev–Trinajstić information content (AvgIpc) is 3.39. The standard InChI is InChI=1S/C18H15FN2O5/c19-11-3-1-2-10(6-11)12-7-14(12)20-18(22)13-8-16-17(26-5-4-25-16)9-15(13)21(23)24/h1-3,6,8-9,12,14H,4-5,7H2,(H,20,22)/t12-,14+/m1/s1. The van der Waals surface area contributed by atoms with Crippen LogP contribution in [0.15, 0.2) is 36.4 Å². The molecule has 8 heteroatoms. The summed E-state index contributed by atoms with van der Waals surface area (Å²) in [5, 5.41) is 14.1. The monoisotopic (exact) mass is 358 g/mol. The van der Waals surface area contributed by atoms with Gasteiger partial charge in [0.05, 0.1) is 11.0 Å². The summed E-state index contributed by atoms with van der Waals surface area (Å²) in [6.07, 6.45) is 0.660. The Morgan fingerprint density at radius 1 is 1.19 bits per heavy atom. The lowest BCUT2D eigenvalue weighted by Crippen LogP contribution is -2.27. The molecule has 1 amide bonds. The molecule has 2 aromatic rings. The minimum Gasteiger partial charge on any atom is -0.486 e. The van der Waals surface area contributed by atoms with Crippen molar-refractivity contribution in [3.05, 3.63) is 63.5 Å². The molecule has 4 rings (SSSR count). The van der Waals surface area contributed by atoms with Gasteiger partial charge in [-0.25, -0.2) is 4.39 Å². The topological polar surface area (TPSA) is 90.7 Å². The van der Waals surface area contributed by atoms with Gasteiger partial charge < -0.3 is 14.8 Å². The van der Waals surface area contributed by atoms with Crippen LogP contribution in [0.1, 0.15) is 28.3 Å². The van der Waals surface area contributed by atoms with Crippen molar-refractivity contribution < 1.29 is 23.6 Å². The molecular weight excluding hydrogens is 343 g/mol. The van der Waals surface area contributed by atoms with Crippen molar-refractivity contribution in [1.29, 1.82) is 0 Å². The van der Waals surface area contributed by atoms with E-state index >= 15 is 0 Å². The highest BCUT2D eigenvalue weighted by molar-refractivity contribution is 5.99. The first-order valence-corrected chi connectivity index (χ1v) is 8.17. The number of benzene rings is 2. The van der Waals surface area contributed by atoms with E-state index in [1.54, 1.807) is 12.1 Å². The second-order valence-electron chi connectivity index (χ2n) is 6.25. The van der Waals surface area contributed by atoms with E-state index in [2.05, 4.69) is 5.32 Å². The number of nitrogens with zero attached hydrogens (tertiary/aromatic N) is 1. The summed E-state index contributed by atoms with van der Waals surface area (Å²) >= 11 is 0. The lowest BCUT2D eigenvalue weighted by molar-refractivity contribution is -0.385. The van der Waals surface area contributed by atoms with Crippen LogP contribution in [-0.2, 0) is 0 Å². The van der Waals surface area contributed by atoms with Gasteiger partial charge >= 0.3 is 0 Å². The highest BCUT2D eigenvalue weighted by Gasteiger charge is 2.40. The molecule has 1 aliphatic heterocycles. The maximum atomic E-state index is 13.3. The van der Waals surface area contributed by atoms with E-state index < -0.39 is 10.8 Å². The second kappa shape index (κ2) is 6.29. The zero-order valence-electron chi connectivity index (χ0n) is 13.6. The van der Waals surface area contributed by atoms with Crippen LogP contribution in [0.25, 0.3) is 0 Å². The molecule has 2 atom stereocenters. The number of fused-ring (bicyclic) bond motifs is 1. The van der Waals surface area contributed by atoms with E-state index in [1.807, 2.05) is 0 Å². The number of ether oxygens (including phenoxy) is 2. The van der Waals surface area contributed by atoms with Crippen LogP contribution in [0.2, 0.25) is 0 Å². The molecule has 1 fully saturated rings. The van der Waals surface area contributed by atoms with Gasteiger partial charge in [-0.2, -0.15) is 0 Å². The fourth-order valence-electron chi connectivity index (χ4n) is 3.12. The molecule has 0 aromatic heterocycles. The van der Waals surface area contributed by atoms with E-state index in [0.717, 1.165) is 5.56 Å². The number of hydrogen-bond acceptors (Lipinski definition) is 5. The van der Waals surface area contributed by atoms with Gasteiger partial charge in [-0.3, -0.25) is 14.9 Å². The second-order valence-corrected chi connectivity index (χ2v) is 6.25. The summed E-state index contributed by atoms with van der Waals surface area (Å²) in [6.45, 7) is 0.614. The molecule has 1 aliphatic carbocycles. The molecule has 7 nitrogen and oxygen atoms in total. The van der Waals surface area contributed by atoms with Crippen LogP contribution < -0.4 is 14.8 Å². The lowest BCUT2D eigenvalue weighted by atomic mass is 10.1. The smallest absolute Gasteiger partial charge is 0.286 e. The van der Waals surface area contributed by atoms with Crippen molar-refractivity contribution in [2.45, 2.75) is 18.4 Å². The SMILES string of the molecule is O=C(N[C@H]1C[C@@H]1c1cccc(F)c1)c1cc2c(cc1[N+](=O)[O-])OCCO2. The van der Waals surface area contributed by atoms with E-state index in [4.69, 9.17) is 9.47 Å². The van der Waals surface area contributed by atoms with Crippen LogP contribution in [0, 0.1) is 15.9 Å². The molecule has 0 unspecified atom stereocenters. The lowest BCUT2D eigenvalue weighted by Gasteiger charge is -2.18. The Morgan fingerprint density at radius 3 is 2.62 bits per heavy atom. The number of hydrogen-bond donors (Lipinski definition) is 1. The molecule has 2 aliphatic rings. The molecule has 134 valence electrons.